The Morgan fingerprint density at radius 2 is 2.14 bits per heavy atom. The van der Waals surface area contributed by atoms with Gasteiger partial charge in [-0.1, -0.05) is 11.8 Å². The van der Waals surface area contributed by atoms with Crippen molar-refractivity contribution in [3.63, 3.8) is 0 Å². The number of aryl methyl sites for hydroxylation is 2. The van der Waals surface area contributed by atoms with Gasteiger partial charge in [0.1, 0.15) is 0 Å². The van der Waals surface area contributed by atoms with E-state index in [1.165, 1.54) is 0 Å². The highest BCUT2D eigenvalue weighted by molar-refractivity contribution is 6.05. The predicted molar refractivity (Wildman–Crippen MR) is 83.0 cm³/mol. The Bertz CT molecular complexity index is 734. The molecule has 0 saturated carbocycles. The summed E-state index contributed by atoms with van der Waals surface area (Å²) in [5.41, 5.74) is 9.33. The summed E-state index contributed by atoms with van der Waals surface area (Å²) in [4.78, 5) is 12.3. The average molecular weight is 282 g/mol. The molecule has 0 bridgehead atoms. The van der Waals surface area contributed by atoms with Crippen LogP contribution in [0.2, 0.25) is 0 Å². The highest BCUT2D eigenvalue weighted by Crippen LogP contribution is 2.16. The van der Waals surface area contributed by atoms with Crippen molar-refractivity contribution in [1.29, 1.82) is 0 Å². The Balaban J connectivity index is 2.25. The van der Waals surface area contributed by atoms with Gasteiger partial charge in [-0.15, -0.1) is 0 Å². The van der Waals surface area contributed by atoms with E-state index in [4.69, 9.17) is 5.73 Å². The summed E-state index contributed by atoms with van der Waals surface area (Å²) in [7, 11) is 1.80. The summed E-state index contributed by atoms with van der Waals surface area (Å²) in [5.74, 6) is 5.60. The number of nitrogens with one attached hydrogen (secondary N) is 1. The summed E-state index contributed by atoms with van der Waals surface area (Å²) in [6.07, 6.45) is 1.57. The lowest BCUT2D eigenvalue weighted by Gasteiger charge is -2.07. The molecule has 0 atom stereocenters. The Morgan fingerprint density at radius 3 is 2.76 bits per heavy atom. The number of benzene rings is 1. The Labute approximate surface area is 124 Å². The fourth-order valence-electron chi connectivity index (χ4n) is 2.00. The van der Waals surface area contributed by atoms with Crippen LogP contribution in [0.4, 0.5) is 5.69 Å². The quantitative estimate of drug-likeness (QED) is 0.822. The Morgan fingerprint density at radius 1 is 1.38 bits per heavy atom. The van der Waals surface area contributed by atoms with Gasteiger partial charge < -0.3 is 11.1 Å². The first-order valence-corrected chi connectivity index (χ1v) is 6.62. The fourth-order valence-corrected chi connectivity index (χ4v) is 2.00. The molecular formula is C16H18N4O. The van der Waals surface area contributed by atoms with Gasteiger partial charge in [-0.3, -0.25) is 9.48 Å². The molecule has 2 aromatic rings. The molecule has 1 amide bonds. The number of carbonyl (C=O) groups is 1. The SMILES string of the molecule is Cc1cc(C#CCN)cc(NC(=O)c2cnn(C)c2C)c1. The fraction of sp³-hybridized carbons (Fsp3) is 0.250. The maximum absolute atomic E-state index is 12.3. The number of rotatable bonds is 2. The lowest BCUT2D eigenvalue weighted by Crippen LogP contribution is -2.13. The van der Waals surface area contributed by atoms with Crippen molar-refractivity contribution < 1.29 is 4.79 Å². The molecule has 0 spiro atoms. The van der Waals surface area contributed by atoms with Crippen molar-refractivity contribution in [3.05, 3.63) is 46.8 Å². The molecule has 1 heterocycles. The zero-order valence-electron chi connectivity index (χ0n) is 12.4. The smallest absolute Gasteiger partial charge is 0.259 e. The molecule has 1 aromatic heterocycles. The molecule has 0 radical (unpaired) electrons. The third-order valence-corrected chi connectivity index (χ3v) is 3.15. The molecular weight excluding hydrogens is 264 g/mol. The summed E-state index contributed by atoms with van der Waals surface area (Å²) in [5, 5.41) is 6.95. The number of nitrogens with two attached hydrogens (primary N) is 1. The summed E-state index contributed by atoms with van der Waals surface area (Å²) in [6, 6.07) is 5.68. The summed E-state index contributed by atoms with van der Waals surface area (Å²) < 4.78 is 1.67. The molecule has 0 aliphatic rings. The Hall–Kier alpha value is -2.58. The van der Waals surface area contributed by atoms with Crippen molar-refractivity contribution in [2.24, 2.45) is 12.8 Å². The van der Waals surface area contributed by atoms with E-state index in [0.29, 0.717) is 17.8 Å². The van der Waals surface area contributed by atoms with Gasteiger partial charge in [-0.25, -0.2) is 0 Å². The zero-order chi connectivity index (χ0) is 15.4. The molecule has 108 valence electrons. The van der Waals surface area contributed by atoms with Gasteiger partial charge in [0.05, 0.1) is 18.3 Å². The number of hydrogen-bond donors (Lipinski definition) is 2. The first-order chi connectivity index (χ1) is 10.0. The van der Waals surface area contributed by atoms with Crippen LogP contribution >= 0.6 is 0 Å². The van der Waals surface area contributed by atoms with Crippen molar-refractivity contribution in [2.45, 2.75) is 13.8 Å². The van der Waals surface area contributed by atoms with E-state index < -0.39 is 0 Å². The van der Waals surface area contributed by atoms with E-state index in [1.807, 2.05) is 32.0 Å². The van der Waals surface area contributed by atoms with Gasteiger partial charge in [-0.2, -0.15) is 5.10 Å². The number of aromatic nitrogens is 2. The van der Waals surface area contributed by atoms with Crippen LogP contribution in [-0.4, -0.2) is 22.2 Å². The predicted octanol–water partition coefficient (Wildman–Crippen LogP) is 1.60. The molecule has 5 heteroatoms. The minimum Gasteiger partial charge on any atom is -0.322 e. The molecule has 3 N–H and O–H groups in total. The van der Waals surface area contributed by atoms with Crippen LogP contribution in [-0.2, 0) is 7.05 Å². The van der Waals surface area contributed by atoms with Gasteiger partial charge in [0.15, 0.2) is 0 Å². The van der Waals surface area contributed by atoms with Crippen molar-refractivity contribution >= 4 is 11.6 Å². The summed E-state index contributed by atoms with van der Waals surface area (Å²) in [6.45, 7) is 4.12. The van der Waals surface area contributed by atoms with Crippen LogP contribution in [0.3, 0.4) is 0 Å². The lowest BCUT2D eigenvalue weighted by molar-refractivity contribution is 0.102. The van der Waals surface area contributed by atoms with Gasteiger partial charge >= 0.3 is 0 Å². The van der Waals surface area contributed by atoms with Crippen molar-refractivity contribution in [2.75, 3.05) is 11.9 Å². The first kappa shape index (κ1) is 14.8. The Kier molecular flexibility index (Phi) is 4.41. The van der Waals surface area contributed by atoms with Crippen LogP contribution in [0.5, 0.6) is 0 Å². The summed E-state index contributed by atoms with van der Waals surface area (Å²) >= 11 is 0. The second-order valence-corrected chi connectivity index (χ2v) is 4.81. The number of amides is 1. The second kappa shape index (κ2) is 6.25. The number of nitrogens with zero attached hydrogens (tertiary/aromatic N) is 2. The molecule has 0 aliphatic carbocycles. The normalized spacial score (nSPS) is 9.90. The molecule has 2 rings (SSSR count). The van der Waals surface area contributed by atoms with Gasteiger partial charge in [0.2, 0.25) is 0 Å². The molecule has 0 saturated heterocycles. The van der Waals surface area contributed by atoms with Crippen molar-refractivity contribution in [1.82, 2.24) is 9.78 Å². The van der Waals surface area contributed by atoms with Crippen LogP contribution in [0, 0.1) is 25.7 Å². The number of hydrogen-bond acceptors (Lipinski definition) is 3. The molecule has 0 fully saturated rings. The van der Waals surface area contributed by atoms with Crippen LogP contribution in [0.15, 0.2) is 24.4 Å². The highest BCUT2D eigenvalue weighted by atomic mass is 16.1. The van der Waals surface area contributed by atoms with Crippen LogP contribution in [0.25, 0.3) is 0 Å². The second-order valence-electron chi connectivity index (χ2n) is 4.81. The number of anilines is 1. The minimum atomic E-state index is -0.177. The largest absolute Gasteiger partial charge is 0.322 e. The molecule has 21 heavy (non-hydrogen) atoms. The molecule has 0 aliphatic heterocycles. The van der Waals surface area contributed by atoms with E-state index in [1.54, 1.807) is 17.9 Å². The lowest BCUT2D eigenvalue weighted by atomic mass is 10.1. The maximum Gasteiger partial charge on any atom is 0.259 e. The molecule has 1 aromatic carbocycles. The topological polar surface area (TPSA) is 72.9 Å². The third-order valence-electron chi connectivity index (χ3n) is 3.15. The van der Waals surface area contributed by atoms with E-state index in [0.717, 1.165) is 16.8 Å². The van der Waals surface area contributed by atoms with Crippen molar-refractivity contribution in [3.8, 4) is 11.8 Å². The van der Waals surface area contributed by atoms with Gasteiger partial charge in [0.25, 0.3) is 5.91 Å². The average Bonchev–Trinajstić information content (AvgIpc) is 2.76. The molecule has 5 nitrogen and oxygen atoms in total. The van der Waals surface area contributed by atoms with Gasteiger partial charge in [0, 0.05) is 24.0 Å². The standard InChI is InChI=1S/C16H18N4O/c1-11-7-13(5-4-6-17)9-14(8-11)19-16(21)15-10-18-20(3)12(15)2/h7-10H,6,17H2,1-3H3,(H,19,21). The van der Waals surface area contributed by atoms with Gasteiger partial charge in [-0.05, 0) is 37.6 Å². The minimum absolute atomic E-state index is 0.177. The number of carbonyl (C=O) groups excluding carboxylic acids is 1. The van der Waals surface area contributed by atoms with E-state index in [-0.39, 0.29) is 5.91 Å². The zero-order valence-corrected chi connectivity index (χ0v) is 12.4. The maximum atomic E-state index is 12.3. The van der Waals surface area contributed by atoms with E-state index in [9.17, 15) is 4.79 Å². The van der Waals surface area contributed by atoms with Crippen LogP contribution in [0.1, 0.15) is 27.2 Å². The van der Waals surface area contributed by atoms with Crippen LogP contribution < -0.4 is 11.1 Å². The monoisotopic (exact) mass is 282 g/mol. The van der Waals surface area contributed by atoms with E-state index in [2.05, 4.69) is 22.3 Å². The highest BCUT2D eigenvalue weighted by Gasteiger charge is 2.13. The molecule has 0 unspecified atom stereocenters. The third kappa shape index (κ3) is 3.50. The first-order valence-electron chi connectivity index (χ1n) is 6.62. The van der Waals surface area contributed by atoms with E-state index >= 15 is 0 Å².